The van der Waals surface area contributed by atoms with Crippen LogP contribution in [0.25, 0.3) is 0 Å². The highest BCUT2D eigenvalue weighted by atomic mass is 32.2. The van der Waals surface area contributed by atoms with Crippen LogP contribution >= 0.6 is 23.1 Å². The lowest BCUT2D eigenvalue weighted by Crippen LogP contribution is -2.09. The van der Waals surface area contributed by atoms with Crippen molar-refractivity contribution in [1.82, 2.24) is 9.97 Å². The van der Waals surface area contributed by atoms with Crippen molar-refractivity contribution in [3.63, 3.8) is 0 Å². The molecule has 0 aliphatic heterocycles. The molecule has 0 atom stereocenters. The Hall–Kier alpha value is -1.11. The van der Waals surface area contributed by atoms with E-state index in [2.05, 4.69) is 21.5 Å². The van der Waals surface area contributed by atoms with Gasteiger partial charge in [0.15, 0.2) is 0 Å². The van der Waals surface area contributed by atoms with E-state index in [1.54, 1.807) is 23.1 Å². The Morgan fingerprint density at radius 1 is 1.47 bits per heavy atom. The molecule has 15 heavy (non-hydrogen) atoms. The number of nitrogens with one attached hydrogen (secondary N) is 1. The lowest BCUT2D eigenvalue weighted by molar-refractivity contribution is 0.965. The highest BCUT2D eigenvalue weighted by molar-refractivity contribution is 8.01. The van der Waals surface area contributed by atoms with Crippen LogP contribution in [0.15, 0.2) is 32.8 Å². The van der Waals surface area contributed by atoms with Crippen LogP contribution in [0.4, 0.5) is 5.82 Å². The van der Waals surface area contributed by atoms with Gasteiger partial charge in [-0.1, -0.05) is 17.8 Å². The summed E-state index contributed by atoms with van der Waals surface area (Å²) in [6.45, 7) is 1.85. The number of hydrogen-bond donors (Lipinski definition) is 2. The third-order valence-electron chi connectivity index (χ3n) is 1.66. The Bertz CT molecular complexity index is 441. The molecule has 0 aliphatic carbocycles. The molecule has 3 N–H and O–H groups in total. The summed E-state index contributed by atoms with van der Waals surface area (Å²) < 4.78 is 1.20. The normalized spacial score (nSPS) is 10.3. The van der Waals surface area contributed by atoms with E-state index in [0.717, 1.165) is 5.03 Å². The molecule has 78 valence electrons. The highest BCUT2D eigenvalue weighted by Crippen LogP contribution is 2.30. The van der Waals surface area contributed by atoms with Gasteiger partial charge in [-0.05, 0) is 18.4 Å². The predicted molar refractivity (Wildman–Crippen MR) is 63.0 cm³/mol. The molecule has 2 aromatic rings. The van der Waals surface area contributed by atoms with E-state index in [0.29, 0.717) is 11.6 Å². The van der Waals surface area contributed by atoms with E-state index in [4.69, 9.17) is 5.84 Å². The van der Waals surface area contributed by atoms with Gasteiger partial charge in [0.25, 0.3) is 0 Å². The first-order valence-corrected chi connectivity index (χ1v) is 6.01. The Morgan fingerprint density at radius 2 is 2.33 bits per heavy atom. The number of anilines is 1. The van der Waals surface area contributed by atoms with Crippen molar-refractivity contribution in [3.05, 3.63) is 29.4 Å². The van der Waals surface area contributed by atoms with Crippen molar-refractivity contribution < 1.29 is 0 Å². The topological polar surface area (TPSA) is 63.8 Å². The first-order chi connectivity index (χ1) is 7.28. The van der Waals surface area contributed by atoms with Gasteiger partial charge in [-0.3, -0.25) is 0 Å². The lowest BCUT2D eigenvalue weighted by Gasteiger charge is -2.03. The highest BCUT2D eigenvalue weighted by Gasteiger charge is 2.03. The van der Waals surface area contributed by atoms with Gasteiger partial charge in [0, 0.05) is 6.07 Å². The number of nitrogen functional groups attached to an aromatic ring is 1. The molecule has 0 aromatic carbocycles. The molecule has 0 saturated carbocycles. The Balaban J connectivity index is 2.24. The van der Waals surface area contributed by atoms with Crippen LogP contribution < -0.4 is 11.3 Å². The van der Waals surface area contributed by atoms with Crippen molar-refractivity contribution in [2.75, 3.05) is 5.43 Å². The quantitative estimate of drug-likeness (QED) is 0.488. The summed E-state index contributed by atoms with van der Waals surface area (Å²) >= 11 is 3.30. The summed E-state index contributed by atoms with van der Waals surface area (Å²) in [7, 11) is 0. The van der Waals surface area contributed by atoms with E-state index >= 15 is 0 Å². The van der Waals surface area contributed by atoms with E-state index in [-0.39, 0.29) is 0 Å². The summed E-state index contributed by atoms with van der Waals surface area (Å²) in [5, 5.41) is 2.94. The maximum Gasteiger partial charge on any atom is 0.144 e. The SMILES string of the molecule is Cc1nc(NN)cc(Sc2cccs2)n1. The second kappa shape index (κ2) is 4.61. The minimum Gasteiger partial charge on any atom is -0.308 e. The van der Waals surface area contributed by atoms with Crippen molar-refractivity contribution in [1.29, 1.82) is 0 Å². The third-order valence-corrected chi connectivity index (χ3v) is 3.62. The van der Waals surface area contributed by atoms with Gasteiger partial charge < -0.3 is 5.43 Å². The number of hydrogen-bond acceptors (Lipinski definition) is 6. The lowest BCUT2D eigenvalue weighted by atomic mass is 10.5. The summed E-state index contributed by atoms with van der Waals surface area (Å²) in [5.74, 6) is 6.67. The van der Waals surface area contributed by atoms with Crippen LogP contribution in [-0.4, -0.2) is 9.97 Å². The summed E-state index contributed by atoms with van der Waals surface area (Å²) in [5.41, 5.74) is 2.53. The largest absolute Gasteiger partial charge is 0.308 e. The number of aryl methyl sites for hydroxylation is 1. The average Bonchev–Trinajstić information content (AvgIpc) is 2.69. The van der Waals surface area contributed by atoms with E-state index in [9.17, 15) is 0 Å². The van der Waals surface area contributed by atoms with Crippen molar-refractivity contribution >= 4 is 28.9 Å². The van der Waals surface area contributed by atoms with E-state index in [1.165, 1.54) is 4.21 Å². The van der Waals surface area contributed by atoms with Crippen LogP contribution in [0.3, 0.4) is 0 Å². The number of rotatable bonds is 3. The second-order valence-electron chi connectivity index (χ2n) is 2.82. The molecule has 0 aliphatic rings. The Kier molecular flexibility index (Phi) is 3.20. The molecule has 0 unspecified atom stereocenters. The number of thiophene rings is 1. The zero-order chi connectivity index (χ0) is 10.7. The number of nitrogens with zero attached hydrogens (tertiary/aromatic N) is 2. The second-order valence-corrected chi connectivity index (χ2v) is 5.09. The molecule has 0 radical (unpaired) electrons. The van der Waals surface area contributed by atoms with Gasteiger partial charge in [0.05, 0.1) is 4.21 Å². The maximum absolute atomic E-state index is 5.31. The minimum atomic E-state index is 0.640. The first-order valence-electron chi connectivity index (χ1n) is 4.31. The molecule has 0 saturated heterocycles. The van der Waals surface area contributed by atoms with Crippen LogP contribution in [0, 0.1) is 6.92 Å². The molecule has 0 bridgehead atoms. The van der Waals surface area contributed by atoms with Crippen molar-refractivity contribution in [3.8, 4) is 0 Å². The third kappa shape index (κ3) is 2.68. The molecule has 6 heteroatoms. The van der Waals surface area contributed by atoms with Gasteiger partial charge in [-0.2, -0.15) is 0 Å². The van der Waals surface area contributed by atoms with Crippen molar-refractivity contribution in [2.24, 2.45) is 5.84 Å². The number of hydrazine groups is 1. The molecule has 2 aromatic heterocycles. The van der Waals surface area contributed by atoms with E-state index in [1.807, 2.05) is 24.4 Å². The fourth-order valence-electron chi connectivity index (χ4n) is 1.09. The van der Waals surface area contributed by atoms with Gasteiger partial charge in [-0.25, -0.2) is 15.8 Å². The monoisotopic (exact) mass is 238 g/mol. The van der Waals surface area contributed by atoms with Crippen LogP contribution in [0.5, 0.6) is 0 Å². The zero-order valence-corrected chi connectivity index (χ0v) is 9.73. The Labute approximate surface area is 95.9 Å². The number of nitrogens with two attached hydrogens (primary N) is 1. The molecule has 0 spiro atoms. The molecule has 2 rings (SSSR count). The molecule has 2 heterocycles. The molecule has 0 fully saturated rings. The fourth-order valence-corrected chi connectivity index (χ4v) is 2.86. The Morgan fingerprint density at radius 3 is 3.00 bits per heavy atom. The van der Waals surface area contributed by atoms with Crippen LogP contribution in [-0.2, 0) is 0 Å². The zero-order valence-electron chi connectivity index (χ0n) is 8.10. The summed E-state index contributed by atoms with van der Waals surface area (Å²) in [4.78, 5) is 8.44. The first kappa shape index (κ1) is 10.4. The van der Waals surface area contributed by atoms with Crippen molar-refractivity contribution in [2.45, 2.75) is 16.2 Å². The molecular weight excluding hydrogens is 228 g/mol. The van der Waals surface area contributed by atoms with Gasteiger partial charge in [0.2, 0.25) is 0 Å². The fraction of sp³-hybridized carbons (Fsp3) is 0.111. The van der Waals surface area contributed by atoms with Crippen LogP contribution in [0.1, 0.15) is 5.82 Å². The van der Waals surface area contributed by atoms with Gasteiger partial charge in [-0.15, -0.1) is 11.3 Å². The van der Waals surface area contributed by atoms with Crippen LogP contribution in [0.2, 0.25) is 0 Å². The summed E-state index contributed by atoms with van der Waals surface area (Å²) in [6, 6.07) is 5.91. The molecule has 4 nitrogen and oxygen atoms in total. The maximum atomic E-state index is 5.31. The van der Waals surface area contributed by atoms with Gasteiger partial charge >= 0.3 is 0 Å². The predicted octanol–water partition coefficient (Wildman–Crippen LogP) is 2.28. The smallest absolute Gasteiger partial charge is 0.144 e. The molecular formula is C9H10N4S2. The minimum absolute atomic E-state index is 0.640. The van der Waals surface area contributed by atoms with E-state index < -0.39 is 0 Å². The average molecular weight is 238 g/mol. The summed E-state index contributed by atoms with van der Waals surface area (Å²) in [6.07, 6.45) is 0. The molecule has 0 amide bonds. The van der Waals surface area contributed by atoms with Gasteiger partial charge in [0.1, 0.15) is 16.7 Å². The number of aromatic nitrogens is 2. The standard InChI is InChI=1S/C9H10N4S2/c1-6-11-7(13-10)5-8(12-6)15-9-3-2-4-14-9/h2-5H,10H2,1H3,(H,11,12,13).